The fourth-order valence-corrected chi connectivity index (χ4v) is 4.12. The third kappa shape index (κ3) is 5.76. The van der Waals surface area contributed by atoms with Crippen LogP contribution in [-0.4, -0.2) is 24.1 Å². The minimum Gasteiger partial charge on any atom is -0.478 e. The first-order valence-corrected chi connectivity index (χ1v) is 11.6. The number of amides is 1. The molecule has 0 saturated heterocycles. The minimum atomic E-state index is -1.08. The smallest absolute Gasteiger partial charge is 0.335 e. The van der Waals surface area contributed by atoms with Crippen LogP contribution in [0.25, 0.3) is 11.1 Å². The van der Waals surface area contributed by atoms with E-state index in [-0.39, 0.29) is 27.6 Å². The van der Waals surface area contributed by atoms with E-state index < -0.39 is 23.5 Å². The largest absolute Gasteiger partial charge is 0.478 e. The normalized spacial score (nSPS) is 11.6. The molecule has 0 saturated carbocycles. The van der Waals surface area contributed by atoms with E-state index in [9.17, 15) is 18.4 Å². The molecule has 1 amide bonds. The van der Waals surface area contributed by atoms with Gasteiger partial charge in [0.15, 0.2) is 5.82 Å². The number of anilines is 1. The van der Waals surface area contributed by atoms with Crippen molar-refractivity contribution in [2.24, 2.45) is 0 Å². The van der Waals surface area contributed by atoms with Gasteiger partial charge < -0.3 is 10.4 Å². The number of aromatic carboxylic acids is 1. The van der Waals surface area contributed by atoms with Gasteiger partial charge in [-0.2, -0.15) is 0 Å². The maximum atomic E-state index is 14.7. The number of halogens is 3. The number of carboxylic acid groups (broad SMARTS) is 1. The highest BCUT2D eigenvalue weighted by Gasteiger charge is 2.32. The van der Waals surface area contributed by atoms with Crippen molar-refractivity contribution in [3.63, 3.8) is 0 Å². The molecule has 6 nitrogen and oxygen atoms in total. The molecule has 3 aromatic carbocycles. The Kier molecular flexibility index (Phi) is 7.79. The molecule has 1 unspecified atom stereocenters. The van der Waals surface area contributed by atoms with Crippen LogP contribution in [-0.2, 0) is 11.2 Å². The van der Waals surface area contributed by atoms with Crippen molar-refractivity contribution in [3.05, 3.63) is 119 Å². The number of rotatable bonds is 8. The molecule has 1 aromatic heterocycles. The molecule has 0 spiro atoms. The number of hydrogen-bond donors (Lipinski definition) is 2. The Morgan fingerprint density at radius 1 is 1.00 bits per heavy atom. The van der Waals surface area contributed by atoms with Crippen LogP contribution < -0.4 is 14.9 Å². The molecule has 0 aliphatic heterocycles. The Balaban J connectivity index is 1.73. The number of carbonyl (C=O) groups excluding carboxylic acids is 1. The van der Waals surface area contributed by atoms with E-state index in [0.29, 0.717) is 17.8 Å². The Labute approximate surface area is 216 Å². The van der Waals surface area contributed by atoms with Crippen molar-refractivity contribution in [2.45, 2.75) is 12.3 Å². The Bertz CT molecular complexity index is 1450. The Morgan fingerprint density at radius 2 is 1.70 bits per heavy atom. The second-order valence-electron chi connectivity index (χ2n) is 8.18. The van der Waals surface area contributed by atoms with Crippen LogP contribution in [0.5, 0.6) is 0 Å². The fourth-order valence-electron chi connectivity index (χ4n) is 3.97. The van der Waals surface area contributed by atoms with Gasteiger partial charge >= 0.3 is 5.97 Å². The predicted octanol–water partition coefficient (Wildman–Crippen LogP) is 5.29. The van der Waals surface area contributed by atoms with Crippen molar-refractivity contribution in [2.75, 3.05) is 12.4 Å². The van der Waals surface area contributed by atoms with Crippen LogP contribution in [0, 0.1) is 11.6 Å². The molecule has 9 heteroatoms. The monoisotopic (exact) mass is 523 g/mol. The zero-order valence-corrected chi connectivity index (χ0v) is 20.4. The molecule has 1 heterocycles. The summed E-state index contributed by atoms with van der Waals surface area (Å²) < 4.78 is 30.4. The van der Waals surface area contributed by atoms with Crippen molar-refractivity contribution < 1.29 is 33.0 Å². The lowest BCUT2D eigenvalue weighted by Gasteiger charge is -2.16. The van der Waals surface area contributed by atoms with E-state index in [1.54, 1.807) is 6.07 Å². The summed E-state index contributed by atoms with van der Waals surface area (Å²) in [6.07, 6.45) is 1.68. The summed E-state index contributed by atoms with van der Waals surface area (Å²) in [7, 11) is 1.38. The van der Waals surface area contributed by atoms with Gasteiger partial charge in [0.05, 0.1) is 21.7 Å². The highest BCUT2D eigenvalue weighted by Crippen LogP contribution is 2.31. The van der Waals surface area contributed by atoms with Gasteiger partial charge in [-0.3, -0.25) is 9.63 Å². The van der Waals surface area contributed by atoms with Gasteiger partial charge in [0.1, 0.15) is 18.8 Å². The van der Waals surface area contributed by atoms with Crippen LogP contribution in [0.4, 0.5) is 14.5 Å². The SMILES string of the molecule is CO[n+]1cc(-c2c(F)ccc(Cl)c2F)ccc1C(Cc1ccccc1)C(=O)Nc1ccc(C(=O)O)cc1. The molecule has 4 aromatic rings. The van der Waals surface area contributed by atoms with Gasteiger partial charge in [0.2, 0.25) is 17.8 Å². The van der Waals surface area contributed by atoms with Crippen molar-refractivity contribution in [1.29, 1.82) is 0 Å². The Morgan fingerprint density at radius 3 is 2.35 bits per heavy atom. The van der Waals surface area contributed by atoms with Crippen LogP contribution in [0.1, 0.15) is 27.5 Å². The number of benzene rings is 3. The van der Waals surface area contributed by atoms with Crippen LogP contribution in [0.15, 0.2) is 85.1 Å². The first kappa shape index (κ1) is 25.8. The quantitative estimate of drug-likeness (QED) is 0.243. The minimum absolute atomic E-state index is 0.0899. The lowest BCUT2D eigenvalue weighted by atomic mass is 9.93. The van der Waals surface area contributed by atoms with Gasteiger partial charge in [-0.15, -0.1) is 0 Å². The maximum absolute atomic E-state index is 14.7. The number of pyridine rings is 1. The van der Waals surface area contributed by atoms with Gasteiger partial charge in [0.25, 0.3) is 0 Å². The highest BCUT2D eigenvalue weighted by molar-refractivity contribution is 6.31. The molecular weight excluding hydrogens is 502 g/mol. The zero-order chi connectivity index (χ0) is 26.5. The van der Waals surface area contributed by atoms with Crippen molar-refractivity contribution in [3.8, 4) is 11.1 Å². The first-order valence-electron chi connectivity index (χ1n) is 11.2. The molecule has 0 aliphatic carbocycles. The summed E-state index contributed by atoms with van der Waals surface area (Å²) in [6, 6.07) is 20.4. The first-order chi connectivity index (χ1) is 17.8. The molecule has 0 bridgehead atoms. The van der Waals surface area contributed by atoms with E-state index in [4.69, 9.17) is 21.5 Å². The number of carbonyl (C=O) groups is 2. The number of hydrogen-bond acceptors (Lipinski definition) is 3. The van der Waals surface area contributed by atoms with Crippen molar-refractivity contribution in [1.82, 2.24) is 0 Å². The fraction of sp³-hybridized carbons (Fsp3) is 0.107. The summed E-state index contributed by atoms with van der Waals surface area (Å²) in [5, 5.41) is 11.7. The molecule has 1 atom stereocenters. The summed E-state index contributed by atoms with van der Waals surface area (Å²) >= 11 is 5.86. The van der Waals surface area contributed by atoms with Gasteiger partial charge in [0, 0.05) is 16.5 Å². The zero-order valence-electron chi connectivity index (χ0n) is 19.6. The third-order valence-corrected chi connectivity index (χ3v) is 6.12. The van der Waals surface area contributed by atoms with E-state index in [2.05, 4.69) is 5.32 Å². The van der Waals surface area contributed by atoms with Gasteiger partial charge in [-0.1, -0.05) is 41.9 Å². The molecule has 0 radical (unpaired) electrons. The number of aromatic nitrogens is 1. The maximum Gasteiger partial charge on any atom is 0.335 e. The van der Waals surface area contributed by atoms with Crippen LogP contribution in [0.3, 0.4) is 0 Å². The standard InChI is InChI=1S/C28H21ClF2N2O4/c1-37-33-16-19(25-23(30)13-12-22(29)26(25)31)9-14-24(33)21(15-17-5-3-2-4-6-17)27(34)32-20-10-7-18(8-11-20)28(35)36/h2-14,16,21H,15H2,1H3,(H-,32,34,35,36)/p+1. The molecule has 188 valence electrons. The van der Waals surface area contributed by atoms with E-state index in [1.807, 2.05) is 30.3 Å². The molecular formula is C28H22ClF2N2O4+. The average Bonchev–Trinajstić information content (AvgIpc) is 2.90. The van der Waals surface area contributed by atoms with Crippen molar-refractivity contribution >= 4 is 29.2 Å². The number of carboxylic acids is 1. The molecule has 37 heavy (non-hydrogen) atoms. The third-order valence-electron chi connectivity index (χ3n) is 5.83. The second kappa shape index (κ2) is 11.2. The van der Waals surface area contributed by atoms with Gasteiger partial charge in [-0.25, -0.2) is 13.6 Å². The Hall–Kier alpha value is -4.30. The lowest BCUT2D eigenvalue weighted by Crippen LogP contribution is -2.47. The highest BCUT2D eigenvalue weighted by atomic mass is 35.5. The molecule has 2 N–H and O–H groups in total. The van der Waals surface area contributed by atoms with Gasteiger partial charge in [-0.05, 0) is 54.4 Å². The topological polar surface area (TPSA) is 79.5 Å². The van der Waals surface area contributed by atoms with E-state index >= 15 is 0 Å². The van der Waals surface area contributed by atoms with E-state index in [0.717, 1.165) is 17.7 Å². The van der Waals surface area contributed by atoms with Crippen LogP contribution >= 0.6 is 11.6 Å². The average molecular weight is 524 g/mol. The number of nitrogens with one attached hydrogen (secondary N) is 1. The van der Waals surface area contributed by atoms with E-state index in [1.165, 1.54) is 48.4 Å². The predicted molar refractivity (Wildman–Crippen MR) is 134 cm³/mol. The summed E-state index contributed by atoms with van der Waals surface area (Å²) in [5.41, 5.74) is 1.67. The molecule has 4 rings (SSSR count). The lowest BCUT2D eigenvalue weighted by molar-refractivity contribution is -0.890. The number of nitrogens with zero attached hydrogens (tertiary/aromatic N) is 1. The van der Waals surface area contributed by atoms with Crippen LogP contribution in [0.2, 0.25) is 5.02 Å². The molecule has 0 aliphatic rings. The summed E-state index contributed by atoms with van der Waals surface area (Å²) in [5.74, 6) is -3.93. The molecule has 0 fully saturated rings. The summed E-state index contributed by atoms with van der Waals surface area (Å²) in [4.78, 5) is 30.1. The second-order valence-corrected chi connectivity index (χ2v) is 8.59. The summed E-state index contributed by atoms with van der Waals surface area (Å²) in [6.45, 7) is 0.